The molecule has 60 valence electrons. The van der Waals surface area contributed by atoms with Gasteiger partial charge in [-0.05, 0) is 37.9 Å². The monoisotopic (exact) mass is 296 g/mol. The summed E-state index contributed by atoms with van der Waals surface area (Å²) in [5, 5.41) is 0. The number of carbonyl (C=O) groups excluding carboxylic acids is 1. The predicted molar refractivity (Wildman–Crippen MR) is 54.3 cm³/mol. The first-order chi connectivity index (χ1) is 5.15. The van der Waals surface area contributed by atoms with E-state index in [1.807, 2.05) is 13.0 Å². The Bertz CT molecular complexity index is 280. The van der Waals surface area contributed by atoms with Crippen molar-refractivity contribution in [3.05, 3.63) is 19.2 Å². The lowest BCUT2D eigenvalue weighted by Crippen LogP contribution is -1.92. The first-order valence-corrected chi connectivity index (χ1v) is 5.53. The summed E-state index contributed by atoms with van der Waals surface area (Å²) >= 11 is 8.10. The van der Waals surface area contributed by atoms with Crippen LogP contribution in [0.5, 0.6) is 0 Å². The third-order valence-corrected chi connectivity index (χ3v) is 3.80. The number of thiophene rings is 1. The smallest absolute Gasteiger partial charge is 0.173 e. The van der Waals surface area contributed by atoms with Gasteiger partial charge < -0.3 is 0 Å². The Morgan fingerprint density at radius 2 is 2.27 bits per heavy atom. The number of hydrogen-bond donors (Lipinski definition) is 0. The highest BCUT2D eigenvalue weighted by Crippen LogP contribution is 2.31. The third kappa shape index (κ3) is 2.13. The van der Waals surface area contributed by atoms with Crippen LogP contribution in [-0.2, 0) is 0 Å². The number of halogens is 2. The molecule has 1 aromatic heterocycles. The molecule has 1 heterocycles. The summed E-state index contributed by atoms with van der Waals surface area (Å²) < 4.78 is 1.88. The number of Topliss-reactive ketones (excluding diaryl/α,β-unsaturated/α-hetero) is 1. The number of rotatable bonds is 2. The van der Waals surface area contributed by atoms with Crippen molar-refractivity contribution in [3.63, 3.8) is 0 Å². The largest absolute Gasteiger partial charge is 0.293 e. The van der Waals surface area contributed by atoms with Crippen LogP contribution in [0.4, 0.5) is 0 Å². The molecule has 0 saturated carbocycles. The van der Waals surface area contributed by atoms with Crippen molar-refractivity contribution < 1.29 is 4.79 Å². The maximum Gasteiger partial charge on any atom is 0.173 e. The van der Waals surface area contributed by atoms with Crippen molar-refractivity contribution in [2.45, 2.75) is 13.3 Å². The molecule has 11 heavy (non-hydrogen) atoms. The summed E-state index contributed by atoms with van der Waals surface area (Å²) in [5.74, 6) is 0.188. The van der Waals surface area contributed by atoms with E-state index in [0.717, 1.165) is 13.1 Å². The van der Waals surface area contributed by atoms with Crippen LogP contribution in [0.2, 0.25) is 0 Å². The lowest BCUT2D eigenvalue weighted by atomic mass is 10.3. The highest BCUT2D eigenvalue weighted by molar-refractivity contribution is 9.11. The third-order valence-electron chi connectivity index (χ3n) is 1.23. The van der Waals surface area contributed by atoms with Gasteiger partial charge in [0, 0.05) is 10.9 Å². The number of hydrogen-bond acceptors (Lipinski definition) is 2. The van der Waals surface area contributed by atoms with Crippen LogP contribution < -0.4 is 0 Å². The average Bonchev–Trinajstić information content (AvgIpc) is 2.28. The Labute approximate surface area is 86.1 Å². The quantitative estimate of drug-likeness (QED) is 0.758. The van der Waals surface area contributed by atoms with Gasteiger partial charge in [0.2, 0.25) is 0 Å². The molecule has 0 spiro atoms. The first-order valence-electron chi connectivity index (χ1n) is 3.13. The summed E-state index contributed by atoms with van der Waals surface area (Å²) in [6, 6.07) is 1.90. The molecule has 0 aliphatic carbocycles. The molecule has 0 aromatic carbocycles. The highest BCUT2D eigenvalue weighted by atomic mass is 79.9. The fraction of sp³-hybridized carbons (Fsp3) is 0.286. The lowest BCUT2D eigenvalue weighted by Gasteiger charge is -1.90. The summed E-state index contributed by atoms with van der Waals surface area (Å²) in [4.78, 5) is 12.0. The van der Waals surface area contributed by atoms with E-state index in [-0.39, 0.29) is 5.78 Å². The number of ketones is 1. The zero-order chi connectivity index (χ0) is 8.43. The molecule has 0 N–H and O–H groups in total. The summed E-state index contributed by atoms with van der Waals surface area (Å²) in [7, 11) is 0. The molecule has 0 aliphatic rings. The second-order valence-electron chi connectivity index (χ2n) is 2.00. The molecule has 0 aliphatic heterocycles. The van der Waals surface area contributed by atoms with Gasteiger partial charge in [-0.1, -0.05) is 6.92 Å². The zero-order valence-electron chi connectivity index (χ0n) is 5.86. The minimum atomic E-state index is 0.188. The Hall–Kier alpha value is 0.330. The van der Waals surface area contributed by atoms with Gasteiger partial charge in [0.15, 0.2) is 5.78 Å². The molecule has 0 amide bonds. The van der Waals surface area contributed by atoms with Gasteiger partial charge in [0.05, 0.1) is 8.66 Å². The molecule has 0 saturated heterocycles. The SMILES string of the molecule is CCC(=O)c1sc(Br)cc1Br. The summed E-state index contributed by atoms with van der Waals surface area (Å²) in [6.45, 7) is 1.86. The van der Waals surface area contributed by atoms with E-state index in [2.05, 4.69) is 31.9 Å². The fourth-order valence-electron chi connectivity index (χ4n) is 0.692. The van der Waals surface area contributed by atoms with Crippen molar-refractivity contribution >= 4 is 49.0 Å². The highest BCUT2D eigenvalue weighted by Gasteiger charge is 2.11. The van der Waals surface area contributed by atoms with Crippen molar-refractivity contribution in [3.8, 4) is 0 Å². The first kappa shape index (κ1) is 9.42. The summed E-state index contributed by atoms with van der Waals surface area (Å²) in [6.07, 6.45) is 0.561. The Morgan fingerprint density at radius 1 is 1.64 bits per heavy atom. The van der Waals surface area contributed by atoms with E-state index in [1.54, 1.807) is 0 Å². The average molecular weight is 298 g/mol. The van der Waals surface area contributed by atoms with E-state index >= 15 is 0 Å². The van der Waals surface area contributed by atoms with Crippen LogP contribution in [0.15, 0.2) is 14.3 Å². The molecule has 0 fully saturated rings. The van der Waals surface area contributed by atoms with Crippen LogP contribution in [0.25, 0.3) is 0 Å². The minimum absolute atomic E-state index is 0.188. The topological polar surface area (TPSA) is 17.1 Å². The van der Waals surface area contributed by atoms with E-state index < -0.39 is 0 Å². The molecular formula is C7H6Br2OS. The molecule has 1 nitrogen and oxygen atoms in total. The van der Waals surface area contributed by atoms with Gasteiger partial charge in [0.25, 0.3) is 0 Å². The minimum Gasteiger partial charge on any atom is -0.293 e. The van der Waals surface area contributed by atoms with Crippen LogP contribution in [0.1, 0.15) is 23.0 Å². The van der Waals surface area contributed by atoms with Crippen LogP contribution in [0, 0.1) is 0 Å². The van der Waals surface area contributed by atoms with Crippen molar-refractivity contribution in [1.29, 1.82) is 0 Å². The molecule has 0 bridgehead atoms. The molecular weight excluding hydrogens is 292 g/mol. The van der Waals surface area contributed by atoms with E-state index in [0.29, 0.717) is 6.42 Å². The maximum atomic E-state index is 11.2. The zero-order valence-corrected chi connectivity index (χ0v) is 9.85. The van der Waals surface area contributed by atoms with Gasteiger partial charge in [0.1, 0.15) is 0 Å². The molecule has 1 rings (SSSR count). The van der Waals surface area contributed by atoms with E-state index in [9.17, 15) is 4.79 Å². The van der Waals surface area contributed by atoms with Gasteiger partial charge in [-0.2, -0.15) is 0 Å². The normalized spacial score (nSPS) is 10.1. The Morgan fingerprint density at radius 3 is 2.64 bits per heavy atom. The molecule has 0 atom stereocenters. The van der Waals surface area contributed by atoms with Crippen LogP contribution in [0.3, 0.4) is 0 Å². The molecule has 4 heteroatoms. The lowest BCUT2D eigenvalue weighted by molar-refractivity contribution is 0.0991. The Balaban J connectivity index is 3.03. The van der Waals surface area contributed by atoms with E-state index in [1.165, 1.54) is 11.3 Å². The Kier molecular flexibility index (Phi) is 3.28. The maximum absolute atomic E-state index is 11.2. The second kappa shape index (κ2) is 3.83. The van der Waals surface area contributed by atoms with Crippen LogP contribution in [-0.4, -0.2) is 5.78 Å². The fourth-order valence-corrected chi connectivity index (χ4v) is 3.34. The standard InChI is InChI=1S/C7H6Br2OS/c1-2-5(10)7-4(8)3-6(9)11-7/h3H,2H2,1H3. The van der Waals surface area contributed by atoms with Gasteiger partial charge in [-0.3, -0.25) is 4.79 Å². The second-order valence-corrected chi connectivity index (χ2v) is 5.29. The molecule has 1 aromatic rings. The van der Waals surface area contributed by atoms with Gasteiger partial charge >= 0.3 is 0 Å². The van der Waals surface area contributed by atoms with Crippen molar-refractivity contribution in [2.75, 3.05) is 0 Å². The summed E-state index contributed by atoms with van der Waals surface area (Å²) in [5.41, 5.74) is 0. The number of carbonyl (C=O) groups is 1. The molecule has 0 radical (unpaired) electrons. The van der Waals surface area contributed by atoms with Gasteiger partial charge in [-0.25, -0.2) is 0 Å². The van der Waals surface area contributed by atoms with Crippen molar-refractivity contribution in [1.82, 2.24) is 0 Å². The van der Waals surface area contributed by atoms with E-state index in [4.69, 9.17) is 0 Å². The van der Waals surface area contributed by atoms with Gasteiger partial charge in [-0.15, -0.1) is 11.3 Å². The predicted octanol–water partition coefficient (Wildman–Crippen LogP) is 3.87. The van der Waals surface area contributed by atoms with Crippen LogP contribution >= 0.6 is 43.2 Å². The van der Waals surface area contributed by atoms with Crippen molar-refractivity contribution in [2.24, 2.45) is 0 Å². The molecule has 0 unspecified atom stereocenters.